The van der Waals surface area contributed by atoms with Crippen LogP contribution in [-0.2, 0) is 71.5 Å². The molecule has 3 saturated heterocycles. The number of amides is 3. The lowest BCUT2D eigenvalue weighted by molar-refractivity contribution is -0.191. The first-order chi connectivity index (χ1) is 43.5. The number of fused-ring (bicyclic) bond motifs is 3. The van der Waals surface area contributed by atoms with Crippen molar-refractivity contribution in [2.45, 2.75) is 173 Å². The van der Waals surface area contributed by atoms with Gasteiger partial charge in [-0.15, -0.1) is 24.8 Å². The zero-order valence-corrected chi connectivity index (χ0v) is 53.4. The summed E-state index contributed by atoms with van der Waals surface area (Å²) >= 11 is 0. The molecule has 6 aliphatic rings. The summed E-state index contributed by atoms with van der Waals surface area (Å²) in [6, 6.07) is 7.98. The van der Waals surface area contributed by atoms with Gasteiger partial charge in [0, 0.05) is 72.9 Å². The second-order valence-corrected chi connectivity index (χ2v) is 24.4. The summed E-state index contributed by atoms with van der Waals surface area (Å²) < 4.78 is 164. The molecular weight excluding hydrogens is 1320 g/mol. The molecule has 12 rings (SSSR count). The Balaban J connectivity index is 0.000000230. The minimum absolute atomic E-state index is 0. The number of rotatable bonds is 5. The zero-order valence-electron chi connectivity index (χ0n) is 51.8. The van der Waals surface area contributed by atoms with Gasteiger partial charge >= 0.3 is 30.8 Å². The van der Waals surface area contributed by atoms with E-state index in [1.807, 2.05) is 20.8 Å². The van der Waals surface area contributed by atoms with Crippen LogP contribution in [0.4, 0.5) is 57.5 Å². The second kappa shape index (κ2) is 34.0. The number of aryl methyl sites for hydroxylation is 2. The van der Waals surface area contributed by atoms with E-state index in [4.69, 9.17) is 14.3 Å². The summed E-state index contributed by atoms with van der Waals surface area (Å²) in [5.41, 5.74) is 4.40. The smallest absolute Gasteiger partial charge is 0.416 e. The number of nitrogens with zero attached hydrogens (tertiary/aromatic N) is 6. The molecule has 3 fully saturated rings. The van der Waals surface area contributed by atoms with Crippen molar-refractivity contribution in [2.75, 3.05) is 45.8 Å². The third kappa shape index (κ3) is 20.6. The van der Waals surface area contributed by atoms with Gasteiger partial charge in [0.1, 0.15) is 23.1 Å². The van der Waals surface area contributed by atoms with Crippen molar-refractivity contribution in [1.29, 1.82) is 0 Å². The molecule has 4 N–H and O–H groups in total. The summed E-state index contributed by atoms with van der Waals surface area (Å²) in [5, 5.41) is 24.3. The van der Waals surface area contributed by atoms with Gasteiger partial charge in [0.15, 0.2) is 11.4 Å². The first-order valence-electron chi connectivity index (χ1n) is 30.5. The lowest BCUT2D eigenvalue weighted by atomic mass is 9.86. The Morgan fingerprint density at radius 3 is 1.25 bits per heavy atom. The molecule has 0 atom stereocenters. The molecule has 3 amide bonds. The van der Waals surface area contributed by atoms with E-state index in [0.717, 1.165) is 146 Å². The van der Waals surface area contributed by atoms with Crippen molar-refractivity contribution in [3.8, 4) is 0 Å². The van der Waals surface area contributed by atoms with Crippen molar-refractivity contribution in [3.63, 3.8) is 0 Å². The number of ether oxygens (including phenoxy) is 1. The molecule has 30 heteroatoms. The number of hydrogen-bond donors (Lipinski definition) is 4. The van der Waals surface area contributed by atoms with Gasteiger partial charge in [-0.3, -0.25) is 24.9 Å². The van der Waals surface area contributed by atoms with E-state index in [0.29, 0.717) is 102 Å². The molecule has 16 nitrogen and oxygen atoms in total. The van der Waals surface area contributed by atoms with Gasteiger partial charge in [-0.2, -0.15) is 64.4 Å². The van der Waals surface area contributed by atoms with E-state index >= 15 is 0 Å². The predicted molar refractivity (Wildman–Crippen MR) is 330 cm³/mol. The summed E-state index contributed by atoms with van der Waals surface area (Å²) in [5.74, 6) is -3.36. The molecule has 0 bridgehead atoms. The highest BCUT2D eigenvalue weighted by Crippen LogP contribution is 2.42. The van der Waals surface area contributed by atoms with E-state index < -0.39 is 70.1 Å². The van der Waals surface area contributed by atoms with Crippen molar-refractivity contribution >= 4 is 48.9 Å². The number of halogens is 14. The van der Waals surface area contributed by atoms with Crippen LogP contribution in [0.2, 0.25) is 0 Å². The van der Waals surface area contributed by atoms with Crippen molar-refractivity contribution in [3.05, 3.63) is 157 Å². The number of aromatic nitrogens is 6. The number of H-pyrrole nitrogens is 3. The van der Waals surface area contributed by atoms with Crippen LogP contribution in [0.15, 0.2) is 60.8 Å². The quantitative estimate of drug-likeness (QED) is 0.120. The number of hydrogen-bond acceptors (Lipinski definition) is 10. The Labute approximate surface area is 554 Å². The molecular formula is C65H78Cl2F12N10O6. The molecule has 95 heavy (non-hydrogen) atoms. The van der Waals surface area contributed by atoms with Crippen LogP contribution >= 0.6 is 24.8 Å². The van der Waals surface area contributed by atoms with E-state index in [-0.39, 0.29) is 78.9 Å². The monoisotopic (exact) mass is 1390 g/mol. The maximum atomic E-state index is 13.6. The number of benzene rings is 3. The van der Waals surface area contributed by atoms with Crippen LogP contribution < -0.4 is 5.32 Å². The fourth-order valence-corrected chi connectivity index (χ4v) is 12.6. The van der Waals surface area contributed by atoms with Crippen LogP contribution in [0.25, 0.3) is 0 Å². The number of aromatic amines is 3. The highest BCUT2D eigenvalue weighted by Gasteiger charge is 2.40. The van der Waals surface area contributed by atoms with Crippen LogP contribution in [-0.4, -0.2) is 121 Å². The lowest BCUT2D eigenvalue weighted by Crippen LogP contribution is -2.39. The molecule has 6 aromatic rings. The number of alkyl halides is 9. The average Bonchev–Trinajstić information content (AvgIpc) is 1.68. The Kier molecular flexibility index (Phi) is 28.0. The van der Waals surface area contributed by atoms with Gasteiger partial charge in [0.25, 0.3) is 11.8 Å². The molecule has 7 heterocycles. The second-order valence-electron chi connectivity index (χ2n) is 24.4. The van der Waals surface area contributed by atoms with Crippen molar-refractivity contribution in [1.82, 2.24) is 50.6 Å². The fourth-order valence-electron chi connectivity index (χ4n) is 12.6. The minimum Gasteiger partial charge on any atom is -0.444 e. The largest absolute Gasteiger partial charge is 0.444 e. The van der Waals surface area contributed by atoms with E-state index in [9.17, 15) is 67.1 Å². The minimum atomic E-state index is -4.52. The molecule has 522 valence electrons. The third-order valence-corrected chi connectivity index (χ3v) is 17.1. The Hall–Kier alpha value is -7.42. The zero-order chi connectivity index (χ0) is 66.7. The summed E-state index contributed by atoms with van der Waals surface area (Å²) in [7, 11) is 0. The summed E-state index contributed by atoms with van der Waals surface area (Å²) in [6.07, 6.45) is -0.569. The van der Waals surface area contributed by atoms with Gasteiger partial charge in [-0.1, -0.05) is 7.43 Å². The van der Waals surface area contributed by atoms with Crippen LogP contribution in [0.1, 0.15) is 198 Å². The van der Waals surface area contributed by atoms with E-state index in [2.05, 4.69) is 35.9 Å². The normalized spacial score (nSPS) is 16.8. The van der Waals surface area contributed by atoms with E-state index in [1.165, 1.54) is 0 Å². The van der Waals surface area contributed by atoms with Gasteiger partial charge in [0.05, 0.1) is 29.4 Å². The maximum absolute atomic E-state index is 13.6. The van der Waals surface area contributed by atoms with Crippen molar-refractivity contribution in [2.24, 2.45) is 0 Å². The molecule has 2 aliphatic carbocycles. The molecule has 0 radical (unpaired) electrons. The average molecular weight is 1390 g/mol. The Morgan fingerprint density at radius 1 is 0.516 bits per heavy atom. The molecule has 3 aromatic carbocycles. The topological polar surface area (TPSA) is 202 Å². The molecule has 0 saturated carbocycles. The predicted octanol–water partition coefficient (Wildman–Crippen LogP) is 14.8. The highest BCUT2D eigenvalue weighted by molar-refractivity contribution is 5.95. The van der Waals surface area contributed by atoms with E-state index in [1.54, 1.807) is 20.9 Å². The molecule has 0 spiro atoms. The number of carbonyl (C=O) groups is 3. The maximum Gasteiger partial charge on any atom is 0.416 e. The standard InChI is InChI=1S/2C20H21F4N3O.C12H13F4N.C11H17N3O2.CO2.CH4.2ClH/c2*21-13-5-6-16(20(22,23)24)15(11-13)12-7-9-27(10-8-12)19(28)18-14-3-1-2-4-17(14)25-26-18;13-9-1-2-11(12(14,15)16)10(7-9)8-3-5-17-6-4-8;1-11(2,3)16-10(15)14-5-4-9-8(7-14)6-12-13-9;2-1-3;;;/h2*5-6,11-12H,1-4,7-10H2,(H,25,26);1-2,7-8,17H,3-6H2;6H,4-5,7H2,1-3H3,(H,12,13);;1H4;2*1H. The van der Waals surface area contributed by atoms with Gasteiger partial charge in [-0.05, 0) is 213 Å². The Morgan fingerprint density at radius 2 is 0.884 bits per heavy atom. The number of nitrogens with one attached hydrogen (secondary N) is 4. The number of likely N-dealkylation sites (tertiary alicyclic amines) is 2. The van der Waals surface area contributed by atoms with Crippen LogP contribution in [0.3, 0.4) is 0 Å². The van der Waals surface area contributed by atoms with Crippen molar-refractivity contribution < 1.29 is 81.4 Å². The van der Waals surface area contributed by atoms with Gasteiger partial charge in [-0.25, -0.2) is 18.0 Å². The van der Waals surface area contributed by atoms with Gasteiger partial charge in [0.2, 0.25) is 0 Å². The lowest BCUT2D eigenvalue weighted by Gasteiger charge is -2.33. The molecule has 4 aliphatic heterocycles. The van der Waals surface area contributed by atoms with Crippen LogP contribution in [0.5, 0.6) is 0 Å². The van der Waals surface area contributed by atoms with Crippen LogP contribution in [0, 0.1) is 17.5 Å². The summed E-state index contributed by atoms with van der Waals surface area (Å²) in [6.45, 7) is 9.58. The number of carbonyl (C=O) groups excluding carboxylic acids is 5. The fraction of sp³-hybridized carbons (Fsp3) is 0.523. The first-order valence-corrected chi connectivity index (χ1v) is 30.5. The highest BCUT2D eigenvalue weighted by atomic mass is 35.5. The SMILES string of the molecule is C.CC(C)(C)OC(=O)N1CCc2[nH]ncc2C1.Cl.Cl.Fc1ccc(C(F)(F)F)c(C2CCNCC2)c1.O=C(c1n[nH]c2c1CCCC2)N1CCC(c2cc(F)ccc2C(F)(F)F)CC1.O=C(c1n[nH]c2c1CCCC2)N1CCC(c2cc(F)ccc2C(F)(F)F)CC1.O=C=O. The summed E-state index contributed by atoms with van der Waals surface area (Å²) in [4.78, 5) is 58.8. The molecule has 0 unspecified atom stereocenters. The molecule has 3 aromatic heterocycles. The Bertz CT molecular complexity index is 3400. The first kappa shape index (κ1) is 78.3. The third-order valence-electron chi connectivity index (χ3n) is 17.1. The van der Waals surface area contributed by atoms with Gasteiger partial charge < -0.3 is 24.8 Å². The number of piperidine rings is 3.